The third kappa shape index (κ3) is 3.97. The van der Waals surface area contributed by atoms with Crippen LogP contribution < -0.4 is 5.32 Å². The largest absolute Gasteiger partial charge is 0.381 e. The molecule has 0 spiro atoms. The molecule has 0 saturated carbocycles. The summed E-state index contributed by atoms with van der Waals surface area (Å²) in [4.78, 5) is 0. The average Bonchev–Trinajstić information content (AvgIpc) is 2.45. The van der Waals surface area contributed by atoms with Crippen LogP contribution in [0.2, 0.25) is 0 Å². The second-order valence-corrected chi connectivity index (χ2v) is 4.58. The lowest BCUT2D eigenvalue weighted by Crippen LogP contribution is -2.40. The van der Waals surface area contributed by atoms with E-state index in [0.717, 1.165) is 19.1 Å². The third-order valence-electron chi connectivity index (χ3n) is 3.45. The van der Waals surface area contributed by atoms with Gasteiger partial charge in [0.2, 0.25) is 0 Å². The van der Waals surface area contributed by atoms with Crippen molar-refractivity contribution in [3.63, 3.8) is 0 Å². The van der Waals surface area contributed by atoms with Crippen LogP contribution in [0.5, 0.6) is 0 Å². The fraction of sp³-hybridized carbons (Fsp3) is 1.00. The maximum absolute atomic E-state index is 5.45. The fourth-order valence-electron chi connectivity index (χ4n) is 1.96. The number of nitrogens with one attached hydrogen (secondary N) is 1. The summed E-state index contributed by atoms with van der Waals surface area (Å²) < 4.78 is 5.45. The van der Waals surface area contributed by atoms with Crippen LogP contribution in [0.4, 0.5) is 0 Å². The highest BCUT2D eigenvalue weighted by Crippen LogP contribution is 2.13. The number of ether oxygens (including phenoxy) is 1. The molecule has 1 fully saturated rings. The Balaban J connectivity index is 2.26. The van der Waals surface area contributed by atoms with E-state index in [2.05, 4.69) is 26.1 Å². The lowest BCUT2D eigenvalue weighted by molar-refractivity contribution is 0.142. The third-order valence-corrected chi connectivity index (χ3v) is 3.45. The molecule has 14 heavy (non-hydrogen) atoms. The lowest BCUT2D eigenvalue weighted by Gasteiger charge is -2.25. The van der Waals surface area contributed by atoms with Gasteiger partial charge in [-0.2, -0.15) is 0 Å². The quantitative estimate of drug-likeness (QED) is 0.751. The van der Waals surface area contributed by atoms with Gasteiger partial charge >= 0.3 is 0 Å². The van der Waals surface area contributed by atoms with E-state index in [1.54, 1.807) is 0 Å². The number of rotatable bonds is 4. The summed E-state index contributed by atoms with van der Waals surface area (Å²) in [5.41, 5.74) is 0. The van der Waals surface area contributed by atoms with Gasteiger partial charge in [0.15, 0.2) is 0 Å². The summed E-state index contributed by atoms with van der Waals surface area (Å²) in [5, 5.41) is 3.73. The molecule has 1 rings (SSSR count). The van der Waals surface area contributed by atoms with Crippen molar-refractivity contribution in [2.75, 3.05) is 13.2 Å². The van der Waals surface area contributed by atoms with Gasteiger partial charge in [-0.15, -0.1) is 0 Å². The van der Waals surface area contributed by atoms with E-state index in [9.17, 15) is 0 Å². The van der Waals surface area contributed by atoms with Gasteiger partial charge in [0.05, 0.1) is 0 Å². The standard InChI is InChI=1S/C12H25NO/c1-4-10(2)11(3)13-12-6-5-8-14-9-7-12/h10-13H,4-9H2,1-3H3. The van der Waals surface area contributed by atoms with Crippen LogP contribution in [0.1, 0.15) is 46.5 Å². The van der Waals surface area contributed by atoms with Crippen molar-refractivity contribution in [3.05, 3.63) is 0 Å². The SMILES string of the molecule is CCC(C)C(C)NC1CCCOCC1. The topological polar surface area (TPSA) is 21.3 Å². The van der Waals surface area contributed by atoms with E-state index in [0.29, 0.717) is 12.1 Å². The molecule has 0 amide bonds. The van der Waals surface area contributed by atoms with Crippen molar-refractivity contribution in [2.24, 2.45) is 5.92 Å². The second kappa shape index (κ2) is 6.41. The zero-order valence-corrected chi connectivity index (χ0v) is 9.88. The van der Waals surface area contributed by atoms with Crippen molar-refractivity contribution in [1.29, 1.82) is 0 Å². The highest BCUT2D eigenvalue weighted by atomic mass is 16.5. The van der Waals surface area contributed by atoms with Gasteiger partial charge in [-0.25, -0.2) is 0 Å². The van der Waals surface area contributed by atoms with Crippen LogP contribution in [0.25, 0.3) is 0 Å². The molecule has 3 unspecified atom stereocenters. The molecule has 1 heterocycles. The Morgan fingerprint density at radius 2 is 2.07 bits per heavy atom. The first-order valence-electron chi connectivity index (χ1n) is 6.07. The maximum atomic E-state index is 5.45. The van der Waals surface area contributed by atoms with Crippen LogP contribution in [-0.4, -0.2) is 25.3 Å². The first-order chi connectivity index (χ1) is 6.74. The summed E-state index contributed by atoms with van der Waals surface area (Å²) in [6, 6.07) is 1.32. The van der Waals surface area contributed by atoms with E-state index < -0.39 is 0 Å². The molecule has 0 aliphatic carbocycles. The van der Waals surface area contributed by atoms with Crippen LogP contribution in [0, 0.1) is 5.92 Å². The second-order valence-electron chi connectivity index (χ2n) is 4.58. The lowest BCUT2D eigenvalue weighted by atomic mass is 9.98. The molecule has 2 nitrogen and oxygen atoms in total. The van der Waals surface area contributed by atoms with Crippen molar-refractivity contribution < 1.29 is 4.74 Å². The molecule has 0 aromatic rings. The smallest absolute Gasteiger partial charge is 0.0480 e. The molecule has 2 heteroatoms. The predicted octanol–water partition coefficient (Wildman–Crippen LogP) is 2.58. The van der Waals surface area contributed by atoms with Gasteiger partial charge in [0.1, 0.15) is 0 Å². The average molecular weight is 199 g/mol. The van der Waals surface area contributed by atoms with Crippen molar-refractivity contribution in [2.45, 2.75) is 58.5 Å². The summed E-state index contributed by atoms with van der Waals surface area (Å²) in [5.74, 6) is 0.777. The Labute approximate surface area is 88.4 Å². The van der Waals surface area contributed by atoms with Gasteiger partial charge < -0.3 is 10.1 Å². The molecule has 3 atom stereocenters. The van der Waals surface area contributed by atoms with Crippen LogP contribution in [0.15, 0.2) is 0 Å². The predicted molar refractivity (Wildman–Crippen MR) is 60.5 cm³/mol. The van der Waals surface area contributed by atoms with Gasteiger partial charge in [-0.05, 0) is 32.1 Å². The molecule has 0 aromatic heterocycles. The Morgan fingerprint density at radius 1 is 1.29 bits per heavy atom. The molecule has 0 bridgehead atoms. The van der Waals surface area contributed by atoms with Crippen molar-refractivity contribution in [3.8, 4) is 0 Å². The van der Waals surface area contributed by atoms with Crippen LogP contribution in [0.3, 0.4) is 0 Å². The minimum atomic E-state index is 0.642. The van der Waals surface area contributed by atoms with E-state index in [4.69, 9.17) is 4.74 Å². The van der Waals surface area contributed by atoms with E-state index in [1.807, 2.05) is 0 Å². The summed E-state index contributed by atoms with van der Waals surface area (Å²) in [7, 11) is 0. The van der Waals surface area contributed by atoms with E-state index in [1.165, 1.54) is 25.7 Å². The fourth-order valence-corrected chi connectivity index (χ4v) is 1.96. The molecular formula is C12H25NO. The van der Waals surface area contributed by atoms with Gasteiger partial charge in [-0.3, -0.25) is 0 Å². The maximum Gasteiger partial charge on any atom is 0.0480 e. The highest BCUT2D eigenvalue weighted by Gasteiger charge is 2.17. The Hall–Kier alpha value is -0.0800. The zero-order chi connectivity index (χ0) is 10.4. The summed E-state index contributed by atoms with van der Waals surface area (Å²) in [6.45, 7) is 8.78. The monoisotopic (exact) mass is 199 g/mol. The first kappa shape index (κ1) is 12.0. The Kier molecular flexibility index (Phi) is 5.49. The molecule has 1 N–H and O–H groups in total. The molecular weight excluding hydrogens is 174 g/mol. The normalized spacial score (nSPS) is 28.1. The molecule has 1 saturated heterocycles. The Morgan fingerprint density at radius 3 is 2.79 bits per heavy atom. The molecule has 84 valence electrons. The zero-order valence-electron chi connectivity index (χ0n) is 9.88. The van der Waals surface area contributed by atoms with Crippen LogP contribution in [-0.2, 0) is 4.74 Å². The molecule has 0 aromatic carbocycles. The first-order valence-corrected chi connectivity index (χ1v) is 6.07. The van der Waals surface area contributed by atoms with Crippen LogP contribution >= 0.6 is 0 Å². The minimum Gasteiger partial charge on any atom is -0.381 e. The minimum absolute atomic E-state index is 0.642. The highest BCUT2D eigenvalue weighted by molar-refractivity contribution is 4.75. The van der Waals surface area contributed by atoms with Crippen molar-refractivity contribution in [1.82, 2.24) is 5.32 Å². The number of hydrogen-bond acceptors (Lipinski definition) is 2. The van der Waals surface area contributed by atoms with Gasteiger partial charge in [0, 0.05) is 25.3 Å². The van der Waals surface area contributed by atoms with E-state index >= 15 is 0 Å². The summed E-state index contributed by atoms with van der Waals surface area (Å²) >= 11 is 0. The van der Waals surface area contributed by atoms with Gasteiger partial charge in [0.25, 0.3) is 0 Å². The van der Waals surface area contributed by atoms with Gasteiger partial charge in [-0.1, -0.05) is 20.3 Å². The molecule has 0 radical (unpaired) electrons. The van der Waals surface area contributed by atoms with Crippen molar-refractivity contribution >= 4 is 0 Å². The number of hydrogen-bond donors (Lipinski definition) is 1. The summed E-state index contributed by atoms with van der Waals surface area (Å²) in [6.07, 6.45) is 4.93. The molecule has 1 aliphatic rings. The van der Waals surface area contributed by atoms with E-state index in [-0.39, 0.29) is 0 Å². The molecule has 1 aliphatic heterocycles. The Bertz CT molecular complexity index is 141.